The fraction of sp³-hybridized carbons (Fsp3) is 0.667. The van der Waals surface area contributed by atoms with Gasteiger partial charge < -0.3 is 5.84 Å². The highest BCUT2D eigenvalue weighted by Crippen LogP contribution is 2.28. The summed E-state index contributed by atoms with van der Waals surface area (Å²) in [6.07, 6.45) is 8.45. The number of nitrogens with zero attached hydrogens (tertiary/aromatic N) is 3. The van der Waals surface area contributed by atoms with E-state index in [0.29, 0.717) is 0 Å². The third-order valence-electron chi connectivity index (χ3n) is 2.93. The normalized spacial score (nSPS) is 16.0. The molecule has 0 aromatic carbocycles. The Kier molecular flexibility index (Phi) is 6.46. The van der Waals surface area contributed by atoms with Gasteiger partial charge in [-0.25, -0.2) is 4.68 Å². The predicted molar refractivity (Wildman–Crippen MR) is 68.0 cm³/mol. The molecular formula is C12H24N4. The summed E-state index contributed by atoms with van der Waals surface area (Å²) < 4.78 is 1.76. The number of nitrogens with two attached hydrogens (primary N) is 1. The molecule has 2 rings (SSSR count). The average Bonchev–Trinajstić information content (AvgIpc) is 2.80. The molecule has 0 amide bonds. The van der Waals surface area contributed by atoms with Crippen LogP contribution in [0.1, 0.15) is 46.2 Å². The van der Waals surface area contributed by atoms with E-state index in [1.165, 1.54) is 31.4 Å². The molecule has 0 aliphatic heterocycles. The Morgan fingerprint density at radius 3 is 2.62 bits per heavy atom. The SMILES string of the molecule is C.C.N/N=N/n1cccc1CC1CCCC1. The van der Waals surface area contributed by atoms with Gasteiger partial charge in [0.1, 0.15) is 0 Å². The molecule has 1 aromatic heterocycles. The zero-order chi connectivity index (χ0) is 9.80. The Morgan fingerprint density at radius 2 is 2.00 bits per heavy atom. The first kappa shape index (κ1) is 14.7. The molecular weight excluding hydrogens is 200 g/mol. The summed E-state index contributed by atoms with van der Waals surface area (Å²) in [6.45, 7) is 0. The average molecular weight is 224 g/mol. The lowest BCUT2D eigenvalue weighted by atomic mass is 10.0. The maximum absolute atomic E-state index is 5.03. The van der Waals surface area contributed by atoms with Crippen molar-refractivity contribution in [2.75, 3.05) is 0 Å². The molecule has 0 bridgehead atoms. The largest absolute Gasteiger partial charge is 0.303 e. The smallest absolute Gasteiger partial charge is 0.0440 e. The van der Waals surface area contributed by atoms with E-state index in [1.54, 1.807) is 4.68 Å². The van der Waals surface area contributed by atoms with Crippen LogP contribution in [-0.2, 0) is 6.42 Å². The molecule has 1 aliphatic rings. The van der Waals surface area contributed by atoms with E-state index in [4.69, 9.17) is 5.84 Å². The second-order valence-corrected chi connectivity index (χ2v) is 3.90. The van der Waals surface area contributed by atoms with Crippen molar-refractivity contribution in [2.45, 2.75) is 47.0 Å². The van der Waals surface area contributed by atoms with Crippen molar-refractivity contribution in [1.82, 2.24) is 4.68 Å². The van der Waals surface area contributed by atoms with Crippen LogP contribution in [0, 0.1) is 5.92 Å². The van der Waals surface area contributed by atoms with Gasteiger partial charge in [-0.15, -0.1) is 0 Å². The maximum Gasteiger partial charge on any atom is 0.0440 e. The number of hydrogen-bond acceptors (Lipinski definition) is 2. The van der Waals surface area contributed by atoms with Gasteiger partial charge >= 0.3 is 0 Å². The Bertz CT molecular complexity index is 311. The zero-order valence-electron chi connectivity index (χ0n) is 8.26. The highest BCUT2D eigenvalue weighted by atomic mass is 15.5. The number of rotatable bonds is 3. The van der Waals surface area contributed by atoms with Crippen LogP contribution in [0.2, 0.25) is 0 Å². The van der Waals surface area contributed by atoms with Crippen molar-refractivity contribution >= 4 is 0 Å². The fourth-order valence-electron chi connectivity index (χ4n) is 2.22. The van der Waals surface area contributed by atoms with Gasteiger partial charge in [-0.1, -0.05) is 45.8 Å². The first-order chi connectivity index (χ1) is 6.90. The Hall–Kier alpha value is -1.32. The van der Waals surface area contributed by atoms with Gasteiger partial charge in [-0.3, -0.25) is 0 Å². The van der Waals surface area contributed by atoms with Crippen molar-refractivity contribution in [3.8, 4) is 0 Å². The summed E-state index contributed by atoms with van der Waals surface area (Å²) >= 11 is 0. The molecule has 4 heteroatoms. The lowest BCUT2D eigenvalue weighted by Gasteiger charge is -2.08. The Morgan fingerprint density at radius 1 is 1.31 bits per heavy atom. The summed E-state index contributed by atoms with van der Waals surface area (Å²) in [5.74, 6) is 5.86. The van der Waals surface area contributed by atoms with Crippen LogP contribution in [0.5, 0.6) is 0 Å². The topological polar surface area (TPSA) is 55.7 Å². The van der Waals surface area contributed by atoms with E-state index < -0.39 is 0 Å². The second kappa shape index (κ2) is 7.04. The van der Waals surface area contributed by atoms with Crippen molar-refractivity contribution in [2.24, 2.45) is 22.2 Å². The summed E-state index contributed by atoms with van der Waals surface area (Å²) in [7, 11) is 0. The minimum Gasteiger partial charge on any atom is -0.303 e. The van der Waals surface area contributed by atoms with Gasteiger partial charge in [-0.2, -0.15) is 0 Å². The van der Waals surface area contributed by atoms with E-state index in [0.717, 1.165) is 12.3 Å². The van der Waals surface area contributed by atoms with Gasteiger partial charge in [0.15, 0.2) is 0 Å². The van der Waals surface area contributed by atoms with Gasteiger partial charge in [0.25, 0.3) is 0 Å². The number of hydrogen-bond donors (Lipinski definition) is 1. The molecule has 1 heterocycles. The van der Waals surface area contributed by atoms with Crippen LogP contribution in [0.25, 0.3) is 0 Å². The van der Waals surface area contributed by atoms with Crippen LogP contribution >= 0.6 is 0 Å². The predicted octanol–water partition coefficient (Wildman–Crippen LogP) is 3.58. The minimum atomic E-state index is 0. The van der Waals surface area contributed by atoms with Crippen LogP contribution in [0.3, 0.4) is 0 Å². The zero-order valence-corrected chi connectivity index (χ0v) is 8.26. The summed E-state index contributed by atoms with van der Waals surface area (Å²) in [6, 6.07) is 4.08. The first-order valence-electron chi connectivity index (χ1n) is 5.17. The van der Waals surface area contributed by atoms with Crippen LogP contribution in [0.15, 0.2) is 28.8 Å². The van der Waals surface area contributed by atoms with E-state index >= 15 is 0 Å². The molecule has 1 aliphatic carbocycles. The second-order valence-electron chi connectivity index (χ2n) is 3.90. The summed E-state index contributed by atoms with van der Waals surface area (Å²) in [5.41, 5.74) is 1.21. The Balaban J connectivity index is 0.00000112. The highest BCUT2D eigenvalue weighted by Gasteiger charge is 2.16. The van der Waals surface area contributed by atoms with Crippen LogP contribution < -0.4 is 5.84 Å². The quantitative estimate of drug-likeness (QED) is 0.476. The molecule has 1 aromatic rings. The lowest BCUT2D eigenvalue weighted by Crippen LogP contribution is -2.03. The fourth-order valence-corrected chi connectivity index (χ4v) is 2.22. The van der Waals surface area contributed by atoms with Crippen LogP contribution in [0.4, 0.5) is 0 Å². The van der Waals surface area contributed by atoms with Crippen LogP contribution in [-0.4, -0.2) is 4.68 Å². The molecule has 2 N–H and O–H groups in total. The van der Waals surface area contributed by atoms with E-state index in [1.807, 2.05) is 12.3 Å². The lowest BCUT2D eigenvalue weighted by molar-refractivity contribution is 0.524. The third kappa shape index (κ3) is 3.36. The van der Waals surface area contributed by atoms with Gasteiger partial charge in [0.05, 0.1) is 0 Å². The third-order valence-corrected chi connectivity index (χ3v) is 2.93. The van der Waals surface area contributed by atoms with Crippen molar-refractivity contribution in [3.63, 3.8) is 0 Å². The van der Waals surface area contributed by atoms with Gasteiger partial charge in [0, 0.05) is 11.9 Å². The molecule has 4 nitrogen and oxygen atoms in total. The van der Waals surface area contributed by atoms with E-state index in [-0.39, 0.29) is 14.9 Å². The molecule has 0 saturated heterocycles. The Labute approximate surface area is 98.5 Å². The van der Waals surface area contributed by atoms with Crippen molar-refractivity contribution in [1.29, 1.82) is 0 Å². The number of aromatic nitrogens is 1. The molecule has 1 saturated carbocycles. The minimum absolute atomic E-state index is 0. The van der Waals surface area contributed by atoms with E-state index in [9.17, 15) is 0 Å². The molecule has 1 fully saturated rings. The molecule has 0 atom stereocenters. The van der Waals surface area contributed by atoms with E-state index in [2.05, 4.69) is 16.5 Å². The summed E-state index contributed by atoms with van der Waals surface area (Å²) in [4.78, 5) is 0. The molecule has 0 unspecified atom stereocenters. The monoisotopic (exact) mass is 224 g/mol. The molecule has 0 spiro atoms. The molecule has 0 radical (unpaired) electrons. The highest BCUT2D eigenvalue weighted by molar-refractivity contribution is 5.07. The van der Waals surface area contributed by atoms with Gasteiger partial charge in [0.2, 0.25) is 0 Å². The summed E-state index contributed by atoms with van der Waals surface area (Å²) in [5, 5.41) is 7.13. The van der Waals surface area contributed by atoms with Crippen molar-refractivity contribution in [3.05, 3.63) is 24.0 Å². The maximum atomic E-state index is 5.03. The standard InChI is InChI=1S/C10H16N4.2CH4/c11-12-13-14-7-3-6-10(14)8-9-4-1-2-5-9;;/h3,6-7,9H,1-2,4-5,8H2,(H2,11,13);2*1H4. The molecule has 16 heavy (non-hydrogen) atoms. The van der Waals surface area contributed by atoms with Crippen molar-refractivity contribution < 1.29 is 0 Å². The van der Waals surface area contributed by atoms with Gasteiger partial charge in [-0.05, 0) is 29.7 Å². The molecule has 92 valence electrons. The first-order valence-corrected chi connectivity index (χ1v) is 5.17.